The van der Waals surface area contributed by atoms with Crippen molar-refractivity contribution in [3.05, 3.63) is 14.7 Å². The fourth-order valence-electron chi connectivity index (χ4n) is 1.29. The maximum Gasteiger partial charge on any atom is 0.242 e. The van der Waals surface area contributed by atoms with Gasteiger partial charge in [-0.15, -0.1) is 11.3 Å². The summed E-state index contributed by atoms with van der Waals surface area (Å²) in [5, 5.41) is 0. The summed E-state index contributed by atoms with van der Waals surface area (Å²) in [6.07, 6.45) is 1.94. The number of hydrogen-bond donors (Lipinski definition) is 2. The lowest BCUT2D eigenvalue weighted by molar-refractivity contribution is 0.571. The maximum atomic E-state index is 12.1. The van der Waals surface area contributed by atoms with Crippen molar-refractivity contribution in [1.29, 1.82) is 0 Å². The van der Waals surface area contributed by atoms with Crippen LogP contribution in [0.2, 0.25) is 0 Å². The van der Waals surface area contributed by atoms with E-state index >= 15 is 0 Å². The van der Waals surface area contributed by atoms with Crippen LogP contribution in [-0.2, 0) is 16.6 Å². The molecule has 8 heteroatoms. The Hall–Kier alpha value is 0.400. The van der Waals surface area contributed by atoms with E-state index in [0.29, 0.717) is 10.3 Å². The van der Waals surface area contributed by atoms with Gasteiger partial charge in [0.25, 0.3) is 0 Å². The van der Waals surface area contributed by atoms with Crippen LogP contribution in [0.15, 0.2) is 14.7 Å². The van der Waals surface area contributed by atoms with E-state index in [4.69, 9.17) is 5.73 Å². The zero-order valence-electron chi connectivity index (χ0n) is 9.57. The van der Waals surface area contributed by atoms with Gasteiger partial charge in [-0.25, -0.2) is 13.1 Å². The summed E-state index contributed by atoms with van der Waals surface area (Å²) in [7, 11) is -3.46. The summed E-state index contributed by atoms with van der Waals surface area (Å²) in [5.41, 5.74) is 5.50. The van der Waals surface area contributed by atoms with E-state index in [1.165, 1.54) is 11.3 Å². The van der Waals surface area contributed by atoms with Gasteiger partial charge in [0, 0.05) is 23.2 Å². The molecule has 0 saturated heterocycles. The van der Waals surface area contributed by atoms with Crippen LogP contribution in [0.4, 0.5) is 0 Å². The van der Waals surface area contributed by atoms with Crippen LogP contribution in [0.1, 0.15) is 11.8 Å². The second-order valence-electron chi connectivity index (χ2n) is 3.53. The zero-order chi connectivity index (χ0) is 13.1. The molecule has 0 aliphatic carbocycles. The highest BCUT2D eigenvalue weighted by atomic mass is 79.9. The van der Waals surface area contributed by atoms with Gasteiger partial charge in [0.2, 0.25) is 10.0 Å². The summed E-state index contributed by atoms with van der Waals surface area (Å²) in [6, 6.07) is 1.52. The highest BCUT2D eigenvalue weighted by Gasteiger charge is 2.22. The van der Waals surface area contributed by atoms with Crippen molar-refractivity contribution < 1.29 is 8.42 Å². The van der Waals surface area contributed by atoms with Crippen LogP contribution < -0.4 is 10.5 Å². The Labute approximate surface area is 119 Å². The lowest BCUT2D eigenvalue weighted by Gasteiger charge is -2.12. The predicted molar refractivity (Wildman–Crippen MR) is 78.1 cm³/mol. The first-order valence-electron chi connectivity index (χ1n) is 4.90. The van der Waals surface area contributed by atoms with Crippen LogP contribution in [0.5, 0.6) is 0 Å². The van der Waals surface area contributed by atoms with Gasteiger partial charge in [-0.1, -0.05) is 0 Å². The molecule has 0 aromatic carbocycles. The van der Waals surface area contributed by atoms with E-state index < -0.39 is 10.0 Å². The summed E-state index contributed by atoms with van der Waals surface area (Å²) in [5.74, 6) is 0.741. The minimum Gasteiger partial charge on any atom is -0.326 e. The molecule has 1 atom stereocenters. The molecular weight excluding hydrogens is 344 g/mol. The normalized spacial score (nSPS) is 13.9. The molecule has 0 saturated carbocycles. The van der Waals surface area contributed by atoms with Crippen molar-refractivity contribution in [1.82, 2.24) is 4.72 Å². The largest absolute Gasteiger partial charge is 0.326 e. The van der Waals surface area contributed by atoms with Gasteiger partial charge in [-0.05, 0) is 35.2 Å². The number of sulfonamides is 1. The minimum absolute atomic E-state index is 0.0943. The van der Waals surface area contributed by atoms with Crippen LogP contribution in [0.3, 0.4) is 0 Å². The van der Waals surface area contributed by atoms with Gasteiger partial charge in [0.15, 0.2) is 0 Å². The molecule has 0 bridgehead atoms. The third kappa shape index (κ3) is 4.22. The van der Waals surface area contributed by atoms with E-state index in [2.05, 4.69) is 20.7 Å². The summed E-state index contributed by atoms with van der Waals surface area (Å²) < 4.78 is 27.4. The molecule has 0 spiro atoms. The first-order chi connectivity index (χ1) is 7.90. The Morgan fingerprint density at radius 1 is 1.65 bits per heavy atom. The average molecular weight is 359 g/mol. The van der Waals surface area contributed by atoms with E-state index in [-0.39, 0.29) is 10.9 Å². The molecule has 0 fully saturated rings. The number of nitrogens with one attached hydrogen (secondary N) is 1. The van der Waals surface area contributed by atoms with Gasteiger partial charge in [0.05, 0.1) is 3.79 Å². The molecule has 1 aromatic heterocycles. The van der Waals surface area contributed by atoms with Gasteiger partial charge < -0.3 is 5.73 Å². The highest BCUT2D eigenvalue weighted by molar-refractivity contribution is 9.11. The Balaban J connectivity index is 2.92. The topological polar surface area (TPSA) is 72.2 Å². The summed E-state index contributed by atoms with van der Waals surface area (Å²) >= 11 is 6.21. The van der Waals surface area contributed by atoms with Gasteiger partial charge in [0.1, 0.15) is 4.90 Å². The smallest absolute Gasteiger partial charge is 0.242 e. The molecule has 17 heavy (non-hydrogen) atoms. The predicted octanol–water partition coefficient (Wildman–Crippen LogP) is 2.00. The molecule has 1 aromatic rings. The average Bonchev–Trinajstić information content (AvgIpc) is 2.60. The SMILES string of the molecule is CSCC(C)NS(=O)(=O)c1cc(CN)sc1Br. The van der Waals surface area contributed by atoms with E-state index in [0.717, 1.165) is 10.6 Å². The number of nitrogens with two attached hydrogens (primary N) is 1. The minimum atomic E-state index is -3.46. The summed E-state index contributed by atoms with van der Waals surface area (Å²) in [4.78, 5) is 1.12. The Kier molecular flexibility index (Phi) is 5.94. The molecule has 98 valence electrons. The standard InChI is InChI=1S/C9H15BrN2O2S3/c1-6(5-15-2)12-17(13,14)8-3-7(4-11)16-9(8)10/h3,6,12H,4-5,11H2,1-2H3. The van der Waals surface area contributed by atoms with Crippen molar-refractivity contribution in [3.63, 3.8) is 0 Å². The van der Waals surface area contributed by atoms with Crippen LogP contribution in [0.25, 0.3) is 0 Å². The maximum absolute atomic E-state index is 12.1. The van der Waals surface area contributed by atoms with Crippen molar-refractivity contribution in [2.45, 2.75) is 24.4 Å². The monoisotopic (exact) mass is 358 g/mol. The quantitative estimate of drug-likeness (QED) is 0.815. The van der Waals surface area contributed by atoms with Crippen LogP contribution >= 0.6 is 39.0 Å². The molecule has 0 radical (unpaired) electrons. The van der Waals surface area contributed by atoms with Crippen molar-refractivity contribution in [2.24, 2.45) is 5.73 Å². The van der Waals surface area contributed by atoms with Crippen molar-refractivity contribution >= 4 is 49.1 Å². The third-order valence-electron chi connectivity index (χ3n) is 1.97. The molecule has 3 N–H and O–H groups in total. The van der Waals surface area contributed by atoms with Crippen LogP contribution in [0, 0.1) is 0 Å². The molecule has 1 rings (SSSR count). The second kappa shape index (κ2) is 6.53. The fraction of sp³-hybridized carbons (Fsp3) is 0.556. The molecule has 0 aliphatic heterocycles. The first-order valence-corrected chi connectivity index (χ1v) is 9.39. The summed E-state index contributed by atoms with van der Waals surface area (Å²) in [6.45, 7) is 2.19. The zero-order valence-corrected chi connectivity index (χ0v) is 13.6. The molecule has 4 nitrogen and oxygen atoms in total. The molecule has 1 unspecified atom stereocenters. The van der Waals surface area contributed by atoms with Gasteiger partial charge in [-0.2, -0.15) is 11.8 Å². The van der Waals surface area contributed by atoms with Gasteiger partial charge in [-0.3, -0.25) is 0 Å². The molecule has 0 amide bonds. The lowest BCUT2D eigenvalue weighted by Crippen LogP contribution is -2.34. The number of thioether (sulfide) groups is 1. The number of thiophene rings is 1. The lowest BCUT2D eigenvalue weighted by atomic mass is 10.4. The Morgan fingerprint density at radius 2 is 2.29 bits per heavy atom. The molecule has 0 aliphatic rings. The molecule has 1 heterocycles. The van der Waals surface area contributed by atoms with E-state index in [1.54, 1.807) is 17.8 Å². The van der Waals surface area contributed by atoms with Crippen molar-refractivity contribution in [2.75, 3.05) is 12.0 Å². The number of rotatable bonds is 6. The van der Waals surface area contributed by atoms with E-state index in [1.807, 2.05) is 13.2 Å². The fourth-order valence-corrected chi connectivity index (χ4v) is 5.79. The third-order valence-corrected chi connectivity index (χ3v) is 6.67. The Bertz CT molecular complexity index is 473. The first kappa shape index (κ1) is 15.5. The van der Waals surface area contributed by atoms with Crippen molar-refractivity contribution in [3.8, 4) is 0 Å². The Morgan fingerprint density at radius 3 is 2.76 bits per heavy atom. The highest BCUT2D eigenvalue weighted by Crippen LogP contribution is 2.31. The molecular formula is C9H15BrN2O2S3. The van der Waals surface area contributed by atoms with Crippen LogP contribution in [-0.4, -0.2) is 26.5 Å². The number of hydrogen-bond acceptors (Lipinski definition) is 5. The number of halogens is 1. The van der Waals surface area contributed by atoms with Gasteiger partial charge >= 0.3 is 0 Å². The second-order valence-corrected chi connectivity index (χ2v) is 8.58. The van der Waals surface area contributed by atoms with E-state index in [9.17, 15) is 8.42 Å².